The fourth-order valence-corrected chi connectivity index (χ4v) is 3.31. The minimum atomic E-state index is -3.38. The second-order valence-corrected chi connectivity index (χ2v) is 7.00. The zero-order valence-corrected chi connectivity index (χ0v) is 11.2. The van der Waals surface area contributed by atoms with Gasteiger partial charge >= 0.3 is 0 Å². The summed E-state index contributed by atoms with van der Waals surface area (Å²) in [5.74, 6) is 0.474. The van der Waals surface area contributed by atoms with Gasteiger partial charge in [0.2, 0.25) is 10.0 Å². The first kappa shape index (κ1) is 13.9. The monoisotopic (exact) mass is 264 g/mol. The standard InChI is InChI=1S/C10H20N2O2S2/c1-8(10(11)15)16(13,14)12-7-9-5-3-2-4-6-9/h8-9,12H,2-7H2,1H3,(H2,11,15). The summed E-state index contributed by atoms with van der Waals surface area (Å²) in [7, 11) is -3.38. The van der Waals surface area contributed by atoms with E-state index in [1.54, 1.807) is 0 Å². The Bertz CT molecular complexity index is 335. The van der Waals surface area contributed by atoms with Gasteiger partial charge in [-0.2, -0.15) is 0 Å². The van der Waals surface area contributed by atoms with Crippen molar-refractivity contribution in [1.29, 1.82) is 0 Å². The summed E-state index contributed by atoms with van der Waals surface area (Å²) >= 11 is 4.70. The molecule has 16 heavy (non-hydrogen) atoms. The van der Waals surface area contributed by atoms with Crippen molar-refractivity contribution < 1.29 is 8.42 Å². The molecule has 1 saturated carbocycles. The largest absolute Gasteiger partial charge is 0.392 e. The molecule has 3 N–H and O–H groups in total. The molecule has 1 unspecified atom stereocenters. The summed E-state index contributed by atoms with van der Waals surface area (Å²) in [5, 5.41) is -0.786. The SMILES string of the molecule is CC(C(N)=S)S(=O)(=O)NCC1CCCCC1. The molecule has 4 nitrogen and oxygen atoms in total. The first-order chi connectivity index (χ1) is 7.43. The third-order valence-electron chi connectivity index (χ3n) is 3.16. The highest BCUT2D eigenvalue weighted by atomic mass is 32.2. The zero-order chi connectivity index (χ0) is 12.2. The van der Waals surface area contributed by atoms with Crippen LogP contribution in [0.25, 0.3) is 0 Å². The van der Waals surface area contributed by atoms with Crippen LogP contribution in [0.4, 0.5) is 0 Å². The average Bonchev–Trinajstić information content (AvgIpc) is 2.27. The van der Waals surface area contributed by atoms with E-state index in [4.69, 9.17) is 18.0 Å². The van der Waals surface area contributed by atoms with Gasteiger partial charge in [-0.05, 0) is 25.7 Å². The lowest BCUT2D eigenvalue weighted by Crippen LogP contribution is -2.41. The molecule has 0 amide bonds. The van der Waals surface area contributed by atoms with Crippen LogP contribution in [0.5, 0.6) is 0 Å². The maximum atomic E-state index is 11.7. The van der Waals surface area contributed by atoms with Crippen LogP contribution in [-0.4, -0.2) is 25.2 Å². The highest BCUT2D eigenvalue weighted by molar-refractivity contribution is 7.93. The molecule has 0 spiro atoms. The van der Waals surface area contributed by atoms with Crippen LogP contribution in [-0.2, 0) is 10.0 Å². The minimum Gasteiger partial charge on any atom is -0.392 e. The minimum absolute atomic E-state index is 0.0242. The predicted molar refractivity (Wildman–Crippen MR) is 69.7 cm³/mol. The fraction of sp³-hybridized carbons (Fsp3) is 0.900. The highest BCUT2D eigenvalue weighted by Gasteiger charge is 2.24. The van der Waals surface area contributed by atoms with Crippen LogP contribution in [0.1, 0.15) is 39.0 Å². The molecule has 0 aromatic carbocycles. The Balaban J connectivity index is 2.44. The molecule has 0 radical (unpaired) electrons. The number of nitrogens with two attached hydrogens (primary N) is 1. The van der Waals surface area contributed by atoms with Gasteiger partial charge in [-0.25, -0.2) is 13.1 Å². The van der Waals surface area contributed by atoms with Crippen molar-refractivity contribution in [2.24, 2.45) is 11.7 Å². The molecular formula is C10H20N2O2S2. The normalized spacial score (nSPS) is 20.6. The summed E-state index contributed by atoms with van der Waals surface area (Å²) in [6.45, 7) is 2.04. The van der Waals surface area contributed by atoms with Crippen LogP contribution in [0.2, 0.25) is 0 Å². The molecule has 1 atom stereocenters. The van der Waals surface area contributed by atoms with Crippen molar-refractivity contribution >= 4 is 27.2 Å². The van der Waals surface area contributed by atoms with Crippen molar-refractivity contribution in [3.63, 3.8) is 0 Å². The molecule has 94 valence electrons. The Morgan fingerprint density at radius 2 is 2.00 bits per heavy atom. The molecule has 0 bridgehead atoms. The third-order valence-corrected chi connectivity index (χ3v) is 5.42. The Kier molecular flexibility index (Phi) is 5.14. The average molecular weight is 264 g/mol. The highest BCUT2D eigenvalue weighted by Crippen LogP contribution is 2.23. The Morgan fingerprint density at radius 1 is 1.44 bits per heavy atom. The van der Waals surface area contributed by atoms with Gasteiger partial charge in [-0.15, -0.1) is 0 Å². The Hall–Kier alpha value is -0.200. The van der Waals surface area contributed by atoms with E-state index < -0.39 is 15.3 Å². The quantitative estimate of drug-likeness (QED) is 0.731. The number of nitrogens with one attached hydrogen (secondary N) is 1. The Morgan fingerprint density at radius 3 is 2.50 bits per heavy atom. The second-order valence-electron chi connectivity index (χ2n) is 4.44. The summed E-state index contributed by atoms with van der Waals surface area (Å²) in [5.41, 5.74) is 5.34. The number of thiocarbonyl (C=S) groups is 1. The zero-order valence-electron chi connectivity index (χ0n) is 9.61. The molecule has 0 aromatic rings. The van der Waals surface area contributed by atoms with Gasteiger partial charge in [0.1, 0.15) is 5.25 Å². The van der Waals surface area contributed by atoms with Gasteiger partial charge in [0.15, 0.2) is 0 Å². The number of hydrogen-bond acceptors (Lipinski definition) is 3. The first-order valence-electron chi connectivity index (χ1n) is 5.71. The maximum absolute atomic E-state index is 11.7. The van der Waals surface area contributed by atoms with Crippen molar-refractivity contribution in [2.45, 2.75) is 44.3 Å². The van der Waals surface area contributed by atoms with Crippen molar-refractivity contribution in [1.82, 2.24) is 4.72 Å². The Labute approximate surface area is 103 Å². The molecule has 1 rings (SSSR count). The van der Waals surface area contributed by atoms with Crippen LogP contribution in [0.3, 0.4) is 0 Å². The first-order valence-corrected chi connectivity index (χ1v) is 7.66. The van der Waals surface area contributed by atoms with E-state index in [0.29, 0.717) is 12.5 Å². The molecule has 1 aliphatic carbocycles. The smallest absolute Gasteiger partial charge is 0.220 e. The van der Waals surface area contributed by atoms with Crippen molar-refractivity contribution in [2.75, 3.05) is 6.54 Å². The summed E-state index contributed by atoms with van der Waals surface area (Å²) < 4.78 is 26.1. The second kappa shape index (κ2) is 5.93. The van der Waals surface area contributed by atoms with Gasteiger partial charge in [0.25, 0.3) is 0 Å². The van der Waals surface area contributed by atoms with Crippen LogP contribution < -0.4 is 10.5 Å². The molecule has 0 aliphatic heterocycles. The van der Waals surface area contributed by atoms with E-state index in [2.05, 4.69) is 4.72 Å². The van der Waals surface area contributed by atoms with E-state index >= 15 is 0 Å². The fourth-order valence-electron chi connectivity index (χ4n) is 1.90. The molecule has 1 aliphatic rings. The van der Waals surface area contributed by atoms with E-state index in [0.717, 1.165) is 12.8 Å². The van der Waals surface area contributed by atoms with Gasteiger partial charge in [-0.3, -0.25) is 0 Å². The summed E-state index contributed by atoms with van der Waals surface area (Å²) in [6.07, 6.45) is 5.91. The van der Waals surface area contributed by atoms with Gasteiger partial charge in [-0.1, -0.05) is 31.5 Å². The molecule has 1 fully saturated rings. The summed E-state index contributed by atoms with van der Waals surface area (Å²) in [4.78, 5) is 0.0242. The van der Waals surface area contributed by atoms with E-state index in [1.807, 2.05) is 0 Å². The van der Waals surface area contributed by atoms with Gasteiger partial charge in [0.05, 0.1) is 4.99 Å². The van der Waals surface area contributed by atoms with E-state index in [9.17, 15) is 8.42 Å². The lowest BCUT2D eigenvalue weighted by Gasteiger charge is -2.22. The lowest BCUT2D eigenvalue weighted by molar-refractivity contribution is 0.357. The molecule has 6 heteroatoms. The molecule has 0 aromatic heterocycles. The molecule has 0 saturated heterocycles. The lowest BCUT2D eigenvalue weighted by atomic mass is 9.90. The van der Waals surface area contributed by atoms with Crippen LogP contribution in [0, 0.1) is 5.92 Å². The summed E-state index contributed by atoms with van der Waals surface area (Å²) in [6, 6.07) is 0. The molecular weight excluding hydrogens is 244 g/mol. The van der Waals surface area contributed by atoms with Crippen molar-refractivity contribution in [3.05, 3.63) is 0 Å². The molecule has 0 heterocycles. The number of hydrogen-bond donors (Lipinski definition) is 2. The van der Waals surface area contributed by atoms with E-state index in [-0.39, 0.29) is 4.99 Å². The number of sulfonamides is 1. The van der Waals surface area contributed by atoms with Crippen LogP contribution >= 0.6 is 12.2 Å². The predicted octanol–water partition coefficient (Wildman–Crippen LogP) is 1.16. The van der Waals surface area contributed by atoms with Crippen molar-refractivity contribution in [3.8, 4) is 0 Å². The third kappa shape index (κ3) is 3.99. The number of rotatable bonds is 5. The van der Waals surface area contributed by atoms with Crippen LogP contribution in [0.15, 0.2) is 0 Å². The van der Waals surface area contributed by atoms with E-state index in [1.165, 1.54) is 26.2 Å². The van der Waals surface area contributed by atoms with Gasteiger partial charge in [0, 0.05) is 6.54 Å². The van der Waals surface area contributed by atoms with Gasteiger partial charge < -0.3 is 5.73 Å². The topological polar surface area (TPSA) is 72.2 Å². The maximum Gasteiger partial charge on any atom is 0.220 e.